The topological polar surface area (TPSA) is 178 Å². The summed E-state index contributed by atoms with van der Waals surface area (Å²) < 4.78 is 30.9. The first-order valence-electron chi connectivity index (χ1n) is 25.0. The van der Waals surface area contributed by atoms with Gasteiger partial charge in [-0.2, -0.15) is 0 Å². The summed E-state index contributed by atoms with van der Waals surface area (Å²) in [6.07, 6.45) is 25.9. The van der Waals surface area contributed by atoms with Crippen LogP contribution in [0, 0.1) is 26.7 Å². The smallest absolute Gasteiger partial charge is 0.306 e. The van der Waals surface area contributed by atoms with Crippen molar-refractivity contribution in [2.24, 2.45) is 5.92 Å². The quantitative estimate of drug-likeness (QED) is 0.0251. The van der Waals surface area contributed by atoms with E-state index in [1.165, 1.54) is 76.0 Å². The molecule has 0 aromatic heterocycles. The largest absolute Gasteiger partial charge is 0.488 e. The molecule has 0 radical (unpaired) electrons. The molecule has 2 atom stereocenters. The molecule has 1 aliphatic heterocycles. The zero-order valence-electron chi connectivity index (χ0n) is 41.9. The average molecular weight is 1110 g/mol. The molecule has 0 spiro atoms. The molecule has 14 nitrogen and oxygen atoms in total. The first-order chi connectivity index (χ1) is 31.2. The minimum Gasteiger partial charge on any atom is -0.488 e. The maximum atomic E-state index is 12.8. The van der Waals surface area contributed by atoms with Gasteiger partial charge in [0, 0.05) is 46.7 Å². The van der Waals surface area contributed by atoms with Gasteiger partial charge in [-0.15, -0.1) is 0 Å². The third-order valence-corrected chi connectivity index (χ3v) is 10.6. The predicted molar refractivity (Wildman–Crippen MR) is 253 cm³/mol. The van der Waals surface area contributed by atoms with E-state index in [0.717, 1.165) is 89.9 Å². The fourth-order valence-electron chi connectivity index (χ4n) is 6.82. The van der Waals surface area contributed by atoms with Crippen LogP contribution in [0.1, 0.15) is 208 Å². The van der Waals surface area contributed by atoms with E-state index >= 15 is 0 Å². The van der Waals surface area contributed by atoms with Crippen LogP contribution in [-0.4, -0.2) is 98.3 Å². The number of hydrogen-bond donors (Lipinski definition) is 0. The minimum atomic E-state index is -0.844. The number of amides is 1. The molecule has 386 valence electrons. The van der Waals surface area contributed by atoms with E-state index in [4.69, 9.17) is 28.4 Å². The molecule has 2 unspecified atom stereocenters. The fourth-order valence-corrected chi connectivity index (χ4v) is 6.82. The van der Waals surface area contributed by atoms with Crippen LogP contribution in [0.5, 0.6) is 0 Å². The maximum absolute atomic E-state index is 12.8. The van der Waals surface area contributed by atoms with Gasteiger partial charge in [-0.1, -0.05) is 156 Å². The summed E-state index contributed by atoms with van der Waals surface area (Å²) in [4.78, 5) is 82.5. The van der Waals surface area contributed by atoms with Crippen molar-refractivity contribution in [3.05, 3.63) is 20.8 Å². The van der Waals surface area contributed by atoms with Crippen LogP contribution in [0.3, 0.4) is 0 Å². The molecule has 0 aromatic carbocycles. The Balaban J connectivity index is -0.00000129. The fraction of sp³-hybridized carbons (Fsp3) is 0.804. The first kappa shape index (κ1) is 66.9. The summed E-state index contributed by atoms with van der Waals surface area (Å²) in [7, 11) is 0. The Morgan fingerprint density at radius 3 is 1.12 bits per heavy atom. The van der Waals surface area contributed by atoms with Crippen LogP contribution in [0.4, 0.5) is 0 Å². The van der Waals surface area contributed by atoms with Crippen molar-refractivity contribution < 1.29 is 83.0 Å². The second kappa shape index (κ2) is 48.1. The summed E-state index contributed by atoms with van der Waals surface area (Å²) in [6.45, 7) is 20.6. The second-order valence-corrected chi connectivity index (χ2v) is 16.9. The van der Waals surface area contributed by atoms with Crippen LogP contribution >= 0.6 is 0 Å². The summed E-state index contributed by atoms with van der Waals surface area (Å²) in [5, 5.41) is 0. The van der Waals surface area contributed by atoms with Crippen LogP contribution in [0.15, 0.2) is 0 Å². The zero-order chi connectivity index (χ0) is 48.9. The molecule has 66 heavy (non-hydrogen) atoms. The number of rotatable bonds is 36. The molecule has 0 saturated carbocycles. The van der Waals surface area contributed by atoms with E-state index in [1.807, 2.05) is 0 Å². The summed E-state index contributed by atoms with van der Waals surface area (Å²) in [5.74, 6) is -3.78. The van der Waals surface area contributed by atoms with E-state index in [-0.39, 0.29) is 71.6 Å². The van der Waals surface area contributed by atoms with Crippen molar-refractivity contribution in [2.75, 3.05) is 39.5 Å². The Kier molecular flexibility index (Phi) is 48.7. The third-order valence-electron chi connectivity index (χ3n) is 10.6. The van der Waals surface area contributed by atoms with Crippen LogP contribution in [0.2, 0.25) is 0 Å². The molecule has 1 aliphatic rings. The van der Waals surface area contributed by atoms with Gasteiger partial charge in [0.1, 0.15) is 0 Å². The zero-order valence-corrected chi connectivity index (χ0v) is 44.8. The molecule has 15 heteroatoms. The van der Waals surface area contributed by atoms with Gasteiger partial charge in [0.15, 0.2) is 30.1 Å². The molecular weight excluding hydrogens is 1020 g/mol. The monoisotopic (exact) mass is 1110 g/mol. The molecule has 1 saturated heterocycles. The number of nitrogens with zero attached hydrogens (tertiary/aromatic N) is 1. The number of carbonyl (C=O) groups excluding carboxylic acids is 7. The molecule has 1 heterocycles. The Hall–Kier alpha value is -3.41. The molecule has 0 N–H and O–H groups in total. The van der Waals surface area contributed by atoms with Gasteiger partial charge >= 0.3 is 17.9 Å². The Morgan fingerprint density at radius 1 is 0.455 bits per heavy atom. The van der Waals surface area contributed by atoms with Gasteiger partial charge in [-0.25, -0.2) is 0 Å². The maximum Gasteiger partial charge on any atom is 0.306 e. The number of hydrogen-bond acceptors (Lipinski definition) is 13. The predicted octanol–water partition coefficient (Wildman–Crippen LogP) is 10.5. The number of esters is 6. The SMILES string of the molecule is [CH2-]C(=O)OC1CN(C(C)=O)CC1OC(=O)CC(COC(=O)CCCCCCCC)COC(=O)CCCCCCCC.[CH2-]C(=O)OCCCCCCCC.[CH2-]C(=O)OCCCCCCCC.[W]. The van der Waals surface area contributed by atoms with Gasteiger partial charge < -0.3 is 33.3 Å². The van der Waals surface area contributed by atoms with Crippen molar-refractivity contribution in [3.8, 4) is 0 Å². The number of ether oxygens (including phenoxy) is 6. The average Bonchev–Trinajstić information content (AvgIpc) is 3.65. The van der Waals surface area contributed by atoms with Gasteiger partial charge in [0.2, 0.25) is 5.91 Å². The Labute approximate surface area is 414 Å². The summed E-state index contributed by atoms with van der Waals surface area (Å²) in [6, 6.07) is 0. The first-order valence-corrected chi connectivity index (χ1v) is 25.0. The molecule has 1 amide bonds. The molecule has 0 aliphatic carbocycles. The van der Waals surface area contributed by atoms with Gasteiger partial charge in [-0.05, 0) is 25.7 Å². The van der Waals surface area contributed by atoms with Crippen molar-refractivity contribution in [2.45, 2.75) is 220 Å². The van der Waals surface area contributed by atoms with Gasteiger partial charge in [0.05, 0.1) is 45.9 Å². The molecule has 1 rings (SSSR count). The second-order valence-electron chi connectivity index (χ2n) is 16.9. The van der Waals surface area contributed by atoms with E-state index in [1.54, 1.807) is 0 Å². The number of carbonyl (C=O) groups is 7. The normalized spacial score (nSPS) is 13.8. The van der Waals surface area contributed by atoms with E-state index < -0.39 is 42.0 Å². The van der Waals surface area contributed by atoms with E-state index in [0.29, 0.717) is 26.1 Å². The Bertz CT molecular complexity index is 1190. The van der Waals surface area contributed by atoms with Crippen molar-refractivity contribution >= 4 is 41.7 Å². The summed E-state index contributed by atoms with van der Waals surface area (Å²) >= 11 is 0. The van der Waals surface area contributed by atoms with E-state index in [2.05, 4.69) is 48.5 Å². The van der Waals surface area contributed by atoms with Crippen LogP contribution in [-0.2, 0) is 83.0 Å². The molecule has 1 fully saturated rings. The van der Waals surface area contributed by atoms with E-state index in [9.17, 15) is 33.6 Å². The van der Waals surface area contributed by atoms with Crippen LogP contribution < -0.4 is 0 Å². The molecule has 0 aromatic rings. The number of likely N-dealkylation sites (tertiary alicyclic amines) is 1. The third kappa shape index (κ3) is 45.7. The van der Waals surface area contributed by atoms with Gasteiger partial charge in [0.25, 0.3) is 0 Å². The summed E-state index contributed by atoms with van der Waals surface area (Å²) in [5.41, 5.74) is 0. The minimum absolute atomic E-state index is 0. The van der Waals surface area contributed by atoms with Gasteiger partial charge in [-0.3, -0.25) is 54.3 Å². The van der Waals surface area contributed by atoms with Crippen LogP contribution in [0.25, 0.3) is 0 Å². The molecular formula is C51H90NO13W-3. The van der Waals surface area contributed by atoms with Crippen molar-refractivity contribution in [3.63, 3.8) is 0 Å². The standard InChI is InChI=1S/C31H52NO9.2C10H19O2.W/c1-5-7-9-11-13-15-17-29(35)38-22-26(23-39-30(36)18-16-14-12-10-8-6-2)19-31(37)41-28-21-32(24(3)33)20-27(28)40-25(4)34;2*1-3-4-5-6-7-8-9-12-10(2)11;/h26-28H,4-23H2,1-3H3;2*2-9H2,1H3;/q3*-1;. The Morgan fingerprint density at radius 2 is 0.788 bits per heavy atom. The van der Waals surface area contributed by atoms with Crippen molar-refractivity contribution in [1.29, 1.82) is 0 Å². The number of unbranched alkanes of at least 4 members (excludes halogenated alkanes) is 20. The van der Waals surface area contributed by atoms with Crippen molar-refractivity contribution in [1.82, 2.24) is 4.90 Å². The molecule has 0 bridgehead atoms.